The molecule has 19 heavy (non-hydrogen) atoms. The van der Waals surface area contributed by atoms with E-state index in [0.717, 1.165) is 6.42 Å². The first-order valence-corrected chi connectivity index (χ1v) is 7.12. The van der Waals surface area contributed by atoms with Crippen LogP contribution in [-0.2, 0) is 9.59 Å². The van der Waals surface area contributed by atoms with Gasteiger partial charge in [-0.05, 0) is 26.2 Å². The molecule has 1 rings (SSSR count). The average molecular weight is 270 g/mol. The van der Waals surface area contributed by atoms with Crippen molar-refractivity contribution in [2.75, 3.05) is 13.1 Å². The zero-order valence-corrected chi connectivity index (χ0v) is 12.2. The van der Waals surface area contributed by atoms with Gasteiger partial charge in [-0.1, -0.05) is 20.3 Å². The maximum atomic E-state index is 12.2. The Bertz CT molecular complexity index is 334. The van der Waals surface area contributed by atoms with E-state index in [0.29, 0.717) is 32.4 Å². The normalized spacial score (nSPS) is 21.8. The Morgan fingerprint density at radius 3 is 2.21 bits per heavy atom. The number of carbonyl (C=O) groups is 2. The van der Waals surface area contributed by atoms with Crippen LogP contribution in [-0.4, -0.2) is 41.0 Å². The fourth-order valence-corrected chi connectivity index (χ4v) is 2.72. The fourth-order valence-electron chi connectivity index (χ4n) is 2.72. The summed E-state index contributed by atoms with van der Waals surface area (Å²) in [5.74, 6) is -0.879. The van der Waals surface area contributed by atoms with Crippen LogP contribution in [0.1, 0.15) is 46.5 Å². The topological polar surface area (TPSA) is 83.6 Å². The highest BCUT2D eigenvalue weighted by atomic mass is 16.4. The molecule has 0 spiro atoms. The molecular weight excluding hydrogens is 244 g/mol. The number of carboxylic acid groups (broad SMARTS) is 1. The minimum absolute atomic E-state index is 0.0467. The Labute approximate surface area is 115 Å². The van der Waals surface area contributed by atoms with Crippen molar-refractivity contribution in [1.29, 1.82) is 0 Å². The summed E-state index contributed by atoms with van der Waals surface area (Å²) in [7, 11) is 0. The van der Waals surface area contributed by atoms with E-state index in [1.807, 2.05) is 20.8 Å². The standard InChI is InChI=1S/C14H26N2O3/c1-4-5-14(13(18)19)6-8-16(9-7-14)12(17)10(2)11(3)15/h10-11H,4-9,15H2,1-3H3,(H,18,19). The Hall–Kier alpha value is -1.10. The molecule has 1 fully saturated rings. The van der Waals surface area contributed by atoms with Crippen molar-refractivity contribution in [3.05, 3.63) is 0 Å². The van der Waals surface area contributed by atoms with Gasteiger partial charge in [0.05, 0.1) is 11.3 Å². The number of piperidine rings is 1. The molecule has 0 aromatic rings. The van der Waals surface area contributed by atoms with Crippen LogP contribution in [0.25, 0.3) is 0 Å². The highest BCUT2D eigenvalue weighted by molar-refractivity contribution is 5.80. The first-order valence-electron chi connectivity index (χ1n) is 7.12. The summed E-state index contributed by atoms with van der Waals surface area (Å²) < 4.78 is 0. The van der Waals surface area contributed by atoms with Crippen LogP contribution < -0.4 is 5.73 Å². The van der Waals surface area contributed by atoms with Gasteiger partial charge in [0.1, 0.15) is 0 Å². The van der Waals surface area contributed by atoms with Gasteiger partial charge in [0.15, 0.2) is 0 Å². The SMILES string of the molecule is CCCC1(C(=O)O)CCN(C(=O)C(C)C(C)N)CC1. The smallest absolute Gasteiger partial charge is 0.309 e. The lowest BCUT2D eigenvalue weighted by Crippen LogP contribution is -2.49. The van der Waals surface area contributed by atoms with E-state index < -0.39 is 11.4 Å². The lowest BCUT2D eigenvalue weighted by atomic mass is 9.75. The lowest BCUT2D eigenvalue weighted by molar-refractivity contribution is -0.155. The molecular formula is C14H26N2O3. The van der Waals surface area contributed by atoms with Gasteiger partial charge in [0.2, 0.25) is 5.91 Å². The van der Waals surface area contributed by atoms with Crippen LogP contribution in [0.4, 0.5) is 0 Å². The molecule has 2 atom stereocenters. The minimum Gasteiger partial charge on any atom is -0.481 e. The third-order valence-electron chi connectivity index (χ3n) is 4.39. The van der Waals surface area contributed by atoms with Gasteiger partial charge in [0, 0.05) is 19.1 Å². The van der Waals surface area contributed by atoms with E-state index in [-0.39, 0.29) is 17.9 Å². The highest BCUT2D eigenvalue weighted by Crippen LogP contribution is 2.36. The van der Waals surface area contributed by atoms with Crippen molar-refractivity contribution in [2.24, 2.45) is 17.1 Å². The first-order chi connectivity index (χ1) is 8.84. The average Bonchev–Trinajstić information content (AvgIpc) is 2.37. The van der Waals surface area contributed by atoms with Gasteiger partial charge < -0.3 is 15.7 Å². The summed E-state index contributed by atoms with van der Waals surface area (Å²) in [6.07, 6.45) is 2.64. The molecule has 5 nitrogen and oxygen atoms in total. The molecule has 110 valence electrons. The molecule has 0 aromatic heterocycles. The van der Waals surface area contributed by atoms with Crippen molar-refractivity contribution in [1.82, 2.24) is 4.90 Å². The summed E-state index contributed by atoms with van der Waals surface area (Å²) in [6.45, 7) is 6.72. The van der Waals surface area contributed by atoms with Crippen LogP contribution >= 0.6 is 0 Å². The van der Waals surface area contributed by atoms with Crippen LogP contribution in [0, 0.1) is 11.3 Å². The quantitative estimate of drug-likeness (QED) is 0.792. The van der Waals surface area contributed by atoms with E-state index in [1.54, 1.807) is 4.90 Å². The van der Waals surface area contributed by atoms with Crippen molar-refractivity contribution >= 4 is 11.9 Å². The van der Waals surface area contributed by atoms with Gasteiger partial charge in [-0.3, -0.25) is 9.59 Å². The molecule has 1 aliphatic rings. The van der Waals surface area contributed by atoms with Crippen molar-refractivity contribution < 1.29 is 14.7 Å². The van der Waals surface area contributed by atoms with E-state index in [1.165, 1.54) is 0 Å². The molecule has 0 aromatic carbocycles. The zero-order valence-electron chi connectivity index (χ0n) is 12.2. The third-order valence-corrected chi connectivity index (χ3v) is 4.39. The van der Waals surface area contributed by atoms with Crippen LogP contribution in [0.5, 0.6) is 0 Å². The molecule has 2 unspecified atom stereocenters. The third kappa shape index (κ3) is 3.47. The second-order valence-corrected chi connectivity index (χ2v) is 5.81. The largest absolute Gasteiger partial charge is 0.481 e. The summed E-state index contributed by atoms with van der Waals surface area (Å²) in [5, 5.41) is 9.42. The van der Waals surface area contributed by atoms with Crippen molar-refractivity contribution in [3.8, 4) is 0 Å². The maximum Gasteiger partial charge on any atom is 0.309 e. The highest BCUT2D eigenvalue weighted by Gasteiger charge is 2.42. The number of hydrogen-bond donors (Lipinski definition) is 2. The molecule has 1 amide bonds. The van der Waals surface area contributed by atoms with E-state index in [2.05, 4.69) is 0 Å². The Morgan fingerprint density at radius 2 is 1.84 bits per heavy atom. The summed E-state index contributed by atoms with van der Waals surface area (Å²) in [5.41, 5.74) is 5.12. The van der Waals surface area contributed by atoms with Crippen LogP contribution in [0.15, 0.2) is 0 Å². The van der Waals surface area contributed by atoms with Crippen LogP contribution in [0.2, 0.25) is 0 Å². The first kappa shape index (κ1) is 16.0. The molecule has 0 radical (unpaired) electrons. The van der Waals surface area contributed by atoms with Crippen molar-refractivity contribution in [3.63, 3.8) is 0 Å². The van der Waals surface area contributed by atoms with Gasteiger partial charge in [0.25, 0.3) is 0 Å². The van der Waals surface area contributed by atoms with E-state index >= 15 is 0 Å². The predicted octanol–water partition coefficient (Wildman–Crippen LogP) is 1.46. The number of rotatable bonds is 5. The molecule has 0 saturated carbocycles. The number of likely N-dealkylation sites (tertiary alicyclic amines) is 1. The number of carbonyl (C=O) groups excluding carboxylic acids is 1. The summed E-state index contributed by atoms with van der Waals surface area (Å²) in [6, 6.07) is -0.172. The predicted molar refractivity (Wildman–Crippen MR) is 73.6 cm³/mol. The number of nitrogens with two attached hydrogens (primary N) is 1. The van der Waals surface area contributed by atoms with Gasteiger partial charge in [-0.15, -0.1) is 0 Å². The Morgan fingerprint density at radius 1 is 1.32 bits per heavy atom. The molecule has 0 bridgehead atoms. The number of amides is 1. The van der Waals surface area contributed by atoms with Gasteiger partial charge in [-0.2, -0.15) is 0 Å². The summed E-state index contributed by atoms with van der Waals surface area (Å²) in [4.78, 5) is 25.4. The van der Waals surface area contributed by atoms with E-state index in [4.69, 9.17) is 5.73 Å². The monoisotopic (exact) mass is 270 g/mol. The number of aliphatic carboxylic acids is 1. The van der Waals surface area contributed by atoms with Crippen molar-refractivity contribution in [2.45, 2.75) is 52.5 Å². The Kier molecular flexibility index (Phi) is 5.35. The number of carboxylic acids is 1. The molecule has 1 saturated heterocycles. The minimum atomic E-state index is -0.721. The van der Waals surface area contributed by atoms with Gasteiger partial charge >= 0.3 is 5.97 Å². The zero-order chi connectivity index (χ0) is 14.6. The molecule has 3 N–H and O–H groups in total. The van der Waals surface area contributed by atoms with Crippen LogP contribution in [0.3, 0.4) is 0 Å². The number of hydrogen-bond acceptors (Lipinski definition) is 3. The number of nitrogens with zero attached hydrogens (tertiary/aromatic N) is 1. The maximum absolute atomic E-state index is 12.2. The van der Waals surface area contributed by atoms with Gasteiger partial charge in [-0.25, -0.2) is 0 Å². The molecule has 5 heteroatoms. The Balaban J connectivity index is 2.66. The molecule has 0 aliphatic carbocycles. The summed E-state index contributed by atoms with van der Waals surface area (Å²) >= 11 is 0. The fraction of sp³-hybridized carbons (Fsp3) is 0.857. The second-order valence-electron chi connectivity index (χ2n) is 5.81. The lowest BCUT2D eigenvalue weighted by Gasteiger charge is -2.40. The molecule has 1 aliphatic heterocycles. The van der Waals surface area contributed by atoms with E-state index in [9.17, 15) is 14.7 Å². The molecule has 1 heterocycles. The second kappa shape index (κ2) is 6.37.